The number of hydrogen-bond donors (Lipinski definition) is 2. The highest BCUT2D eigenvalue weighted by Gasteiger charge is 2.17. The van der Waals surface area contributed by atoms with Gasteiger partial charge in [-0.25, -0.2) is 4.98 Å². The van der Waals surface area contributed by atoms with Gasteiger partial charge in [-0.3, -0.25) is 0 Å². The van der Waals surface area contributed by atoms with Crippen LogP contribution in [-0.4, -0.2) is 22.2 Å². The molecule has 0 saturated heterocycles. The van der Waals surface area contributed by atoms with Gasteiger partial charge >= 0.3 is 7.12 Å². The van der Waals surface area contributed by atoms with Gasteiger partial charge in [0, 0.05) is 5.46 Å². The molecule has 0 aliphatic rings. The van der Waals surface area contributed by atoms with Gasteiger partial charge in [0.05, 0.1) is 10.7 Å². The molecule has 3 nitrogen and oxygen atoms in total. The first kappa shape index (κ1) is 9.99. The van der Waals surface area contributed by atoms with E-state index in [1.807, 2.05) is 0 Å². The van der Waals surface area contributed by atoms with E-state index in [9.17, 15) is 0 Å². The Kier molecular flexibility index (Phi) is 3.12. The van der Waals surface area contributed by atoms with Crippen LogP contribution in [0.15, 0.2) is 10.7 Å². The van der Waals surface area contributed by atoms with Crippen LogP contribution in [0.4, 0.5) is 0 Å². The average Bonchev–Trinajstić information content (AvgIpc) is 1.96. The minimum Gasteiger partial charge on any atom is -0.423 e. The van der Waals surface area contributed by atoms with Crippen molar-refractivity contribution in [1.82, 2.24) is 4.98 Å². The summed E-state index contributed by atoms with van der Waals surface area (Å²) in [6.45, 7) is 1.69. The summed E-state index contributed by atoms with van der Waals surface area (Å²) in [4.78, 5) is 3.98. The molecule has 1 rings (SSSR count). The second-order valence-corrected chi connectivity index (χ2v) is 3.50. The van der Waals surface area contributed by atoms with Gasteiger partial charge in [-0.2, -0.15) is 0 Å². The fraction of sp³-hybridized carbons (Fsp3) is 0.167. The van der Waals surface area contributed by atoms with Crippen LogP contribution in [0.25, 0.3) is 0 Å². The number of hydrogen-bond acceptors (Lipinski definition) is 3. The number of pyridine rings is 1. The summed E-state index contributed by atoms with van der Waals surface area (Å²) in [5.41, 5.74) is 0.824. The van der Waals surface area contributed by atoms with Gasteiger partial charge in [0.2, 0.25) is 0 Å². The summed E-state index contributed by atoms with van der Waals surface area (Å²) in [5, 5.41) is 18.0. The summed E-state index contributed by atoms with van der Waals surface area (Å²) in [6, 6.07) is 1.47. The van der Waals surface area contributed by atoms with Crippen LogP contribution in [-0.2, 0) is 0 Å². The molecule has 0 aliphatic heterocycles. The molecule has 0 bridgehead atoms. The fourth-order valence-corrected chi connectivity index (χ4v) is 1.54. The third-order valence-corrected chi connectivity index (χ3v) is 2.30. The van der Waals surface area contributed by atoms with E-state index in [1.165, 1.54) is 6.07 Å². The van der Waals surface area contributed by atoms with Crippen LogP contribution in [0.2, 0.25) is 5.02 Å². The summed E-state index contributed by atoms with van der Waals surface area (Å²) in [5.74, 6) is 0. The van der Waals surface area contributed by atoms with Gasteiger partial charge in [-0.15, -0.1) is 0 Å². The van der Waals surface area contributed by atoms with Crippen LogP contribution >= 0.6 is 27.5 Å². The molecule has 0 aliphatic carbocycles. The van der Waals surface area contributed by atoms with Crippen molar-refractivity contribution in [3.8, 4) is 0 Å². The van der Waals surface area contributed by atoms with Crippen LogP contribution in [0.3, 0.4) is 0 Å². The van der Waals surface area contributed by atoms with E-state index in [4.69, 9.17) is 21.6 Å². The summed E-state index contributed by atoms with van der Waals surface area (Å²) in [7, 11) is -1.56. The highest BCUT2D eigenvalue weighted by Crippen LogP contribution is 2.14. The van der Waals surface area contributed by atoms with Gasteiger partial charge in [-0.1, -0.05) is 11.6 Å². The largest absolute Gasteiger partial charge is 0.490 e. The lowest BCUT2D eigenvalue weighted by molar-refractivity contribution is 0.425. The maximum absolute atomic E-state index is 8.88. The highest BCUT2D eigenvalue weighted by atomic mass is 79.9. The van der Waals surface area contributed by atoms with Crippen molar-refractivity contribution in [2.75, 3.05) is 0 Å². The van der Waals surface area contributed by atoms with Gasteiger partial charge in [0.25, 0.3) is 0 Å². The summed E-state index contributed by atoms with van der Waals surface area (Å²) >= 11 is 8.88. The standard InChI is InChI=1S/C6H6BBrClNO2/c1-3-6(9)4(7(11)12)2-5(8)10-3/h2,11-12H,1H3. The minimum atomic E-state index is -1.56. The Balaban J connectivity index is 3.28. The quantitative estimate of drug-likeness (QED) is 0.563. The second-order valence-electron chi connectivity index (χ2n) is 2.31. The molecular weight excluding hydrogens is 244 g/mol. The smallest absolute Gasteiger partial charge is 0.423 e. The van der Waals surface area contributed by atoms with Crippen molar-refractivity contribution >= 4 is 40.1 Å². The maximum Gasteiger partial charge on any atom is 0.490 e. The van der Waals surface area contributed by atoms with Crippen molar-refractivity contribution in [3.63, 3.8) is 0 Å². The van der Waals surface area contributed by atoms with E-state index in [0.29, 0.717) is 10.3 Å². The fourth-order valence-electron chi connectivity index (χ4n) is 0.830. The topological polar surface area (TPSA) is 53.4 Å². The average molecular weight is 250 g/mol. The number of aryl methyl sites for hydroxylation is 1. The molecule has 0 amide bonds. The van der Waals surface area contributed by atoms with Crippen molar-refractivity contribution in [2.24, 2.45) is 0 Å². The third-order valence-electron chi connectivity index (χ3n) is 1.40. The SMILES string of the molecule is Cc1nc(Br)cc(B(O)O)c1Cl. The molecule has 1 aromatic heterocycles. The molecule has 1 aromatic rings. The summed E-state index contributed by atoms with van der Waals surface area (Å²) in [6.07, 6.45) is 0. The van der Waals surface area contributed by atoms with Gasteiger partial charge in [0.1, 0.15) is 4.60 Å². The lowest BCUT2D eigenvalue weighted by atomic mass is 9.80. The molecule has 1 heterocycles. The lowest BCUT2D eigenvalue weighted by Gasteiger charge is -2.05. The Morgan fingerprint density at radius 2 is 2.17 bits per heavy atom. The Morgan fingerprint density at radius 3 is 2.67 bits per heavy atom. The van der Waals surface area contributed by atoms with Gasteiger partial charge in [0.15, 0.2) is 0 Å². The van der Waals surface area contributed by atoms with Crippen molar-refractivity contribution in [1.29, 1.82) is 0 Å². The predicted molar refractivity (Wildman–Crippen MR) is 51.5 cm³/mol. The first-order valence-electron chi connectivity index (χ1n) is 3.21. The van der Waals surface area contributed by atoms with E-state index in [0.717, 1.165) is 0 Å². The van der Waals surface area contributed by atoms with Crippen molar-refractivity contribution < 1.29 is 10.0 Å². The molecule has 0 fully saturated rings. The molecule has 6 heteroatoms. The molecule has 64 valence electrons. The Bertz CT molecular complexity index is 308. The number of aromatic nitrogens is 1. The van der Waals surface area contributed by atoms with Crippen molar-refractivity contribution in [3.05, 3.63) is 21.4 Å². The molecule has 2 N–H and O–H groups in total. The monoisotopic (exact) mass is 249 g/mol. The van der Waals surface area contributed by atoms with E-state index in [1.54, 1.807) is 6.92 Å². The molecule has 12 heavy (non-hydrogen) atoms. The second kappa shape index (κ2) is 3.74. The molecule has 0 radical (unpaired) electrons. The number of halogens is 2. The van der Waals surface area contributed by atoms with Crippen LogP contribution < -0.4 is 5.46 Å². The number of nitrogens with zero attached hydrogens (tertiary/aromatic N) is 1. The number of rotatable bonds is 1. The molecule has 0 aromatic carbocycles. The molecule has 0 saturated carbocycles. The molecule has 0 spiro atoms. The highest BCUT2D eigenvalue weighted by molar-refractivity contribution is 9.10. The van der Waals surface area contributed by atoms with Crippen LogP contribution in [0.5, 0.6) is 0 Å². The summed E-state index contributed by atoms with van der Waals surface area (Å²) < 4.78 is 0.535. The predicted octanol–water partition coefficient (Wildman–Crippen LogP) is 0.486. The molecule has 0 atom stereocenters. The van der Waals surface area contributed by atoms with Crippen LogP contribution in [0.1, 0.15) is 5.69 Å². The Morgan fingerprint density at radius 1 is 1.58 bits per heavy atom. The Hall–Kier alpha value is -0.0951. The van der Waals surface area contributed by atoms with E-state index < -0.39 is 7.12 Å². The molecular formula is C6H6BBrClNO2. The van der Waals surface area contributed by atoms with Crippen molar-refractivity contribution in [2.45, 2.75) is 6.92 Å². The van der Waals surface area contributed by atoms with Gasteiger partial charge < -0.3 is 10.0 Å². The lowest BCUT2D eigenvalue weighted by Crippen LogP contribution is -2.31. The maximum atomic E-state index is 8.88. The van der Waals surface area contributed by atoms with E-state index in [2.05, 4.69) is 20.9 Å². The zero-order valence-corrected chi connectivity index (χ0v) is 8.59. The van der Waals surface area contributed by atoms with Gasteiger partial charge in [-0.05, 0) is 28.9 Å². The first-order valence-corrected chi connectivity index (χ1v) is 4.38. The zero-order chi connectivity index (χ0) is 9.30. The van der Waals surface area contributed by atoms with Crippen LogP contribution in [0, 0.1) is 6.92 Å². The normalized spacial score (nSPS) is 10.1. The Labute approximate surface area is 83.7 Å². The first-order chi connectivity index (χ1) is 5.52. The van der Waals surface area contributed by atoms with E-state index in [-0.39, 0.29) is 10.5 Å². The minimum absolute atomic E-state index is 0.260. The molecule has 0 unspecified atom stereocenters. The zero-order valence-electron chi connectivity index (χ0n) is 6.25. The van der Waals surface area contributed by atoms with E-state index >= 15 is 0 Å². The third kappa shape index (κ3) is 1.98.